The quantitative estimate of drug-likeness (QED) is 0.377. The summed E-state index contributed by atoms with van der Waals surface area (Å²) in [5.74, 6) is 0.398. The zero-order valence-corrected chi connectivity index (χ0v) is 19.1. The van der Waals surface area contributed by atoms with E-state index in [0.717, 1.165) is 33.4 Å². The van der Waals surface area contributed by atoms with Crippen LogP contribution in [0.5, 0.6) is 11.5 Å². The van der Waals surface area contributed by atoms with E-state index in [4.69, 9.17) is 4.74 Å². The largest absolute Gasteiger partial charge is 0.507 e. The number of carbonyl (C=O) groups excluding carboxylic acids is 1. The molecule has 2 aromatic rings. The fourth-order valence-corrected chi connectivity index (χ4v) is 3.56. The highest BCUT2D eigenvalue weighted by atomic mass is 16.5. The van der Waals surface area contributed by atoms with Crippen molar-refractivity contribution in [2.24, 2.45) is 0 Å². The molecular weight excluding hydrogens is 360 g/mol. The van der Waals surface area contributed by atoms with Crippen molar-refractivity contribution < 1.29 is 14.6 Å². The van der Waals surface area contributed by atoms with Crippen LogP contribution < -0.4 is 4.74 Å². The first kappa shape index (κ1) is 22.7. The zero-order valence-electron chi connectivity index (χ0n) is 19.1. The number of hydrogen-bond donors (Lipinski definition) is 1. The number of phenols is 1. The van der Waals surface area contributed by atoms with Crippen LogP contribution in [0.3, 0.4) is 0 Å². The lowest BCUT2D eigenvalue weighted by Gasteiger charge is -2.26. The van der Waals surface area contributed by atoms with E-state index >= 15 is 0 Å². The van der Waals surface area contributed by atoms with E-state index in [-0.39, 0.29) is 10.8 Å². The molecule has 0 fully saturated rings. The van der Waals surface area contributed by atoms with E-state index in [0.29, 0.717) is 17.9 Å². The van der Waals surface area contributed by atoms with Crippen LogP contribution >= 0.6 is 0 Å². The van der Waals surface area contributed by atoms with Crippen LogP contribution in [0.15, 0.2) is 36.9 Å². The topological polar surface area (TPSA) is 46.5 Å². The normalized spacial score (nSPS) is 12.0. The van der Waals surface area contributed by atoms with E-state index in [1.807, 2.05) is 32.0 Å². The third-order valence-corrected chi connectivity index (χ3v) is 5.18. The third-order valence-electron chi connectivity index (χ3n) is 5.18. The third kappa shape index (κ3) is 5.09. The second kappa shape index (κ2) is 8.06. The molecular formula is C26H34O3. The number of ether oxygens (including phenoxy) is 1. The molecule has 2 rings (SSSR count). The van der Waals surface area contributed by atoms with Crippen LogP contribution in [-0.2, 0) is 22.0 Å². The zero-order chi connectivity index (χ0) is 22.1. The lowest BCUT2D eigenvalue weighted by molar-refractivity contribution is -0.129. The summed E-state index contributed by atoms with van der Waals surface area (Å²) in [6.07, 6.45) is 1.66. The summed E-state index contributed by atoms with van der Waals surface area (Å²) in [5, 5.41) is 11.1. The molecule has 0 saturated heterocycles. The molecule has 0 heterocycles. The molecule has 0 saturated carbocycles. The lowest BCUT2D eigenvalue weighted by Crippen LogP contribution is -2.17. The Labute approximate surface area is 175 Å². The molecule has 3 nitrogen and oxygen atoms in total. The first-order valence-electron chi connectivity index (χ1n) is 10.1. The number of phenolic OH excluding ortho intramolecular Hbond substituents is 1. The first-order valence-corrected chi connectivity index (χ1v) is 10.1. The average molecular weight is 395 g/mol. The van der Waals surface area contributed by atoms with Gasteiger partial charge in [0.1, 0.15) is 11.5 Å². The molecule has 29 heavy (non-hydrogen) atoms. The fraction of sp³-hybridized carbons (Fsp3) is 0.423. The minimum Gasteiger partial charge on any atom is -0.507 e. The summed E-state index contributed by atoms with van der Waals surface area (Å²) in [5.41, 5.74) is 5.34. The first-order chi connectivity index (χ1) is 13.3. The molecule has 0 atom stereocenters. The van der Waals surface area contributed by atoms with Gasteiger partial charge in [-0.2, -0.15) is 0 Å². The Morgan fingerprint density at radius 1 is 1.03 bits per heavy atom. The van der Waals surface area contributed by atoms with E-state index in [1.54, 1.807) is 0 Å². The Morgan fingerprint density at radius 2 is 1.62 bits per heavy atom. The van der Waals surface area contributed by atoms with Crippen molar-refractivity contribution in [1.82, 2.24) is 0 Å². The van der Waals surface area contributed by atoms with Gasteiger partial charge in [0, 0.05) is 29.2 Å². The highest BCUT2D eigenvalue weighted by molar-refractivity contribution is 5.84. The van der Waals surface area contributed by atoms with Gasteiger partial charge in [-0.25, -0.2) is 4.79 Å². The van der Waals surface area contributed by atoms with Crippen molar-refractivity contribution in [2.45, 2.75) is 72.6 Å². The van der Waals surface area contributed by atoms with Crippen LogP contribution in [0.4, 0.5) is 0 Å². The van der Waals surface area contributed by atoms with Gasteiger partial charge in [0.25, 0.3) is 0 Å². The van der Waals surface area contributed by atoms with Crippen molar-refractivity contribution in [3.63, 3.8) is 0 Å². The molecule has 0 spiro atoms. The molecule has 0 aromatic heterocycles. The van der Waals surface area contributed by atoms with Gasteiger partial charge in [-0.15, -0.1) is 0 Å². The van der Waals surface area contributed by atoms with Crippen molar-refractivity contribution >= 4 is 5.97 Å². The molecule has 3 heteroatoms. The van der Waals surface area contributed by atoms with Gasteiger partial charge in [0.15, 0.2) is 0 Å². The molecule has 0 amide bonds. The molecule has 0 bridgehead atoms. The SMILES string of the molecule is C=CC(=O)Oc1c(Cc2c(C)ccc(C(C)(C)C)c2O)cc(C)cc1C(C)(C)C. The minimum absolute atomic E-state index is 0.173. The minimum atomic E-state index is -0.481. The van der Waals surface area contributed by atoms with Gasteiger partial charge in [-0.3, -0.25) is 0 Å². The van der Waals surface area contributed by atoms with Crippen molar-refractivity contribution in [3.05, 3.63) is 70.3 Å². The molecule has 1 N–H and O–H groups in total. The number of hydrogen-bond acceptors (Lipinski definition) is 3. The van der Waals surface area contributed by atoms with Crippen LogP contribution in [0, 0.1) is 13.8 Å². The number of aromatic hydroxyl groups is 1. The van der Waals surface area contributed by atoms with Crippen LogP contribution in [0.2, 0.25) is 0 Å². The predicted octanol–water partition coefficient (Wildman–Crippen LogP) is 6.29. The second-order valence-electron chi connectivity index (χ2n) is 9.86. The lowest BCUT2D eigenvalue weighted by atomic mass is 9.81. The maximum absolute atomic E-state index is 12.1. The molecule has 0 aliphatic heterocycles. The Kier molecular flexibility index (Phi) is 6.32. The van der Waals surface area contributed by atoms with E-state index in [2.05, 4.69) is 54.2 Å². The van der Waals surface area contributed by atoms with Gasteiger partial charge in [0.2, 0.25) is 0 Å². The molecule has 0 aliphatic carbocycles. The van der Waals surface area contributed by atoms with Crippen molar-refractivity contribution in [3.8, 4) is 11.5 Å². The monoisotopic (exact) mass is 394 g/mol. The van der Waals surface area contributed by atoms with Crippen LogP contribution in [0.1, 0.15) is 74.9 Å². The Morgan fingerprint density at radius 3 is 2.14 bits per heavy atom. The summed E-state index contributed by atoms with van der Waals surface area (Å²) in [4.78, 5) is 12.1. The number of carbonyl (C=O) groups is 1. The molecule has 0 radical (unpaired) electrons. The number of aryl methyl sites for hydroxylation is 2. The van der Waals surface area contributed by atoms with Gasteiger partial charge in [-0.05, 0) is 35.8 Å². The van der Waals surface area contributed by atoms with Crippen molar-refractivity contribution in [1.29, 1.82) is 0 Å². The Bertz CT molecular complexity index is 938. The highest BCUT2D eigenvalue weighted by Gasteiger charge is 2.26. The van der Waals surface area contributed by atoms with E-state index < -0.39 is 5.97 Å². The smallest absolute Gasteiger partial charge is 0.335 e. The maximum Gasteiger partial charge on any atom is 0.335 e. The highest BCUT2D eigenvalue weighted by Crippen LogP contribution is 2.40. The number of esters is 1. The van der Waals surface area contributed by atoms with E-state index in [9.17, 15) is 9.90 Å². The molecule has 2 aromatic carbocycles. The van der Waals surface area contributed by atoms with Gasteiger partial charge in [-0.1, -0.05) is 78.0 Å². The summed E-state index contributed by atoms with van der Waals surface area (Å²) >= 11 is 0. The van der Waals surface area contributed by atoms with Crippen LogP contribution in [-0.4, -0.2) is 11.1 Å². The maximum atomic E-state index is 12.1. The van der Waals surface area contributed by atoms with Crippen LogP contribution in [0.25, 0.3) is 0 Å². The summed E-state index contributed by atoms with van der Waals surface area (Å²) in [7, 11) is 0. The van der Waals surface area contributed by atoms with Crippen molar-refractivity contribution in [2.75, 3.05) is 0 Å². The summed E-state index contributed by atoms with van der Waals surface area (Å²) in [6, 6.07) is 8.13. The summed E-state index contributed by atoms with van der Waals surface area (Å²) < 4.78 is 5.72. The second-order valence-corrected chi connectivity index (χ2v) is 9.86. The Balaban J connectivity index is 2.72. The average Bonchev–Trinajstić information content (AvgIpc) is 2.57. The molecule has 0 aliphatic rings. The predicted molar refractivity (Wildman–Crippen MR) is 120 cm³/mol. The number of rotatable bonds is 4. The summed E-state index contributed by atoms with van der Waals surface area (Å²) in [6.45, 7) is 20.1. The van der Waals surface area contributed by atoms with Gasteiger partial charge in [0.05, 0.1) is 0 Å². The standard InChI is InChI=1S/C26H34O3/c1-10-22(27)29-24-18(13-16(2)14-21(24)26(7,8)9)15-19-17(3)11-12-20(23(19)28)25(4,5)6/h10-14,28H,1,15H2,2-9H3. The van der Waals surface area contributed by atoms with Gasteiger partial charge < -0.3 is 9.84 Å². The van der Waals surface area contributed by atoms with E-state index in [1.165, 1.54) is 6.08 Å². The number of benzene rings is 2. The molecule has 0 unspecified atom stereocenters. The molecule has 156 valence electrons. The Hall–Kier alpha value is -2.55. The fourth-order valence-electron chi connectivity index (χ4n) is 3.56. The van der Waals surface area contributed by atoms with Gasteiger partial charge >= 0.3 is 5.97 Å².